The van der Waals surface area contributed by atoms with Crippen molar-refractivity contribution in [2.75, 3.05) is 12.9 Å². The van der Waals surface area contributed by atoms with E-state index in [1.54, 1.807) is 12.3 Å². The molecule has 0 saturated carbocycles. The summed E-state index contributed by atoms with van der Waals surface area (Å²) >= 11 is 1.23. The minimum Gasteiger partial charge on any atom is -0.493 e. The van der Waals surface area contributed by atoms with E-state index in [-0.39, 0.29) is 16.7 Å². The van der Waals surface area contributed by atoms with Gasteiger partial charge in [-0.15, -0.1) is 0 Å². The van der Waals surface area contributed by atoms with Crippen LogP contribution in [-0.2, 0) is 0 Å². The highest BCUT2D eigenvalue weighted by Gasteiger charge is 2.20. The molecule has 0 bridgehead atoms. The van der Waals surface area contributed by atoms with Gasteiger partial charge in [0.25, 0.3) is 5.56 Å². The van der Waals surface area contributed by atoms with Gasteiger partial charge < -0.3 is 19.8 Å². The molecule has 1 heterocycles. The molecule has 130 valence electrons. The molecular formula is C16H18BN3O4S. The molecule has 9 heteroatoms. The quantitative estimate of drug-likeness (QED) is 0.291. The molecule has 1 aromatic carbocycles. The Morgan fingerprint density at radius 3 is 2.80 bits per heavy atom. The second kappa shape index (κ2) is 8.71. The molecule has 1 aromatic heterocycles. The SMILES string of the molecule is CCCCOc1ccc(B(O)O)cc1-c1nc(SC)[nH]c(=O)c1C#N. The highest BCUT2D eigenvalue weighted by molar-refractivity contribution is 7.98. The van der Waals surface area contributed by atoms with Crippen LogP contribution in [0, 0.1) is 11.3 Å². The number of aromatic amines is 1. The predicted octanol–water partition coefficient (Wildman–Crippen LogP) is 0.889. The predicted molar refractivity (Wildman–Crippen MR) is 97.0 cm³/mol. The van der Waals surface area contributed by atoms with Crippen LogP contribution in [-0.4, -0.2) is 40.0 Å². The van der Waals surface area contributed by atoms with Gasteiger partial charge in [-0.3, -0.25) is 4.79 Å². The van der Waals surface area contributed by atoms with E-state index < -0.39 is 12.7 Å². The van der Waals surface area contributed by atoms with E-state index in [9.17, 15) is 20.1 Å². The number of nitriles is 1. The Labute approximate surface area is 149 Å². The molecule has 0 spiro atoms. The van der Waals surface area contributed by atoms with Crippen molar-refractivity contribution in [3.63, 3.8) is 0 Å². The first-order valence-electron chi connectivity index (χ1n) is 7.73. The summed E-state index contributed by atoms with van der Waals surface area (Å²) in [5.41, 5.74) is 0.0489. The van der Waals surface area contributed by atoms with Crippen molar-refractivity contribution in [2.24, 2.45) is 0 Å². The molecule has 7 nitrogen and oxygen atoms in total. The molecule has 25 heavy (non-hydrogen) atoms. The first kappa shape index (κ1) is 19.1. The van der Waals surface area contributed by atoms with Gasteiger partial charge in [0, 0.05) is 5.56 Å². The lowest BCUT2D eigenvalue weighted by molar-refractivity contribution is 0.310. The fraction of sp³-hybridized carbons (Fsp3) is 0.312. The Kier molecular flexibility index (Phi) is 6.64. The largest absolute Gasteiger partial charge is 0.493 e. The lowest BCUT2D eigenvalue weighted by Crippen LogP contribution is -2.30. The third-order valence-electron chi connectivity index (χ3n) is 3.52. The standard InChI is InChI=1S/C16H18BN3O4S/c1-3-4-7-24-13-6-5-10(17(22)23)8-11(13)14-12(9-18)15(21)20-16(19-14)25-2/h5-6,8,22-23H,3-4,7H2,1-2H3,(H,19,20,21). The van der Waals surface area contributed by atoms with E-state index in [0.29, 0.717) is 23.1 Å². The Morgan fingerprint density at radius 1 is 1.44 bits per heavy atom. The number of ether oxygens (including phenoxy) is 1. The van der Waals surface area contributed by atoms with Gasteiger partial charge in [-0.1, -0.05) is 31.2 Å². The number of H-pyrrole nitrogens is 1. The van der Waals surface area contributed by atoms with Gasteiger partial charge in [0.2, 0.25) is 0 Å². The zero-order valence-electron chi connectivity index (χ0n) is 13.9. The van der Waals surface area contributed by atoms with E-state index in [0.717, 1.165) is 12.8 Å². The lowest BCUT2D eigenvalue weighted by Gasteiger charge is -2.14. The molecule has 0 unspecified atom stereocenters. The third kappa shape index (κ3) is 4.42. The number of unbranched alkanes of at least 4 members (excludes halogenated alkanes) is 1. The number of hydrogen-bond acceptors (Lipinski definition) is 7. The second-order valence-corrected chi connectivity index (χ2v) is 6.04. The van der Waals surface area contributed by atoms with Crippen LogP contribution in [0.3, 0.4) is 0 Å². The summed E-state index contributed by atoms with van der Waals surface area (Å²) in [5.74, 6) is 0.430. The number of nitrogens with zero attached hydrogens (tertiary/aromatic N) is 2. The van der Waals surface area contributed by atoms with Gasteiger partial charge in [-0.25, -0.2) is 4.98 Å². The molecular weight excluding hydrogens is 341 g/mol. The summed E-state index contributed by atoms with van der Waals surface area (Å²) in [4.78, 5) is 19.0. The van der Waals surface area contributed by atoms with Crippen molar-refractivity contribution < 1.29 is 14.8 Å². The molecule has 0 atom stereocenters. The maximum Gasteiger partial charge on any atom is 0.488 e. The minimum atomic E-state index is -1.68. The van der Waals surface area contributed by atoms with Gasteiger partial charge >= 0.3 is 7.12 Å². The normalized spacial score (nSPS) is 10.4. The monoisotopic (exact) mass is 359 g/mol. The van der Waals surface area contributed by atoms with Crippen LogP contribution >= 0.6 is 11.8 Å². The Bertz CT molecular complexity index is 848. The molecule has 0 fully saturated rings. The van der Waals surface area contributed by atoms with Gasteiger partial charge in [0.1, 0.15) is 23.1 Å². The number of benzene rings is 1. The summed E-state index contributed by atoms with van der Waals surface area (Å²) in [6.45, 7) is 2.50. The summed E-state index contributed by atoms with van der Waals surface area (Å²) in [7, 11) is -1.68. The van der Waals surface area contributed by atoms with Gasteiger partial charge in [-0.2, -0.15) is 5.26 Å². The number of thioether (sulfide) groups is 1. The summed E-state index contributed by atoms with van der Waals surface area (Å²) < 4.78 is 5.75. The lowest BCUT2D eigenvalue weighted by atomic mass is 9.79. The number of hydrogen-bond donors (Lipinski definition) is 3. The van der Waals surface area contributed by atoms with Crippen molar-refractivity contribution in [1.29, 1.82) is 5.26 Å². The molecule has 2 rings (SSSR count). The van der Waals surface area contributed by atoms with Crippen molar-refractivity contribution in [3.8, 4) is 23.1 Å². The average Bonchev–Trinajstić information content (AvgIpc) is 2.61. The summed E-state index contributed by atoms with van der Waals surface area (Å²) in [6.07, 6.45) is 3.54. The number of nitrogens with one attached hydrogen (secondary N) is 1. The molecule has 2 aromatic rings. The van der Waals surface area contributed by atoms with Gasteiger partial charge in [-0.05, 0) is 30.3 Å². The first-order chi connectivity index (χ1) is 12.0. The van der Waals surface area contributed by atoms with Crippen LogP contribution in [0.4, 0.5) is 0 Å². The van der Waals surface area contributed by atoms with Crippen LogP contribution in [0.5, 0.6) is 5.75 Å². The fourth-order valence-corrected chi connectivity index (χ4v) is 2.57. The zero-order valence-corrected chi connectivity index (χ0v) is 14.8. The van der Waals surface area contributed by atoms with Crippen molar-refractivity contribution >= 4 is 24.3 Å². The van der Waals surface area contributed by atoms with Crippen LogP contribution in [0.15, 0.2) is 28.2 Å². The Hall–Kier alpha value is -2.28. The van der Waals surface area contributed by atoms with Crippen LogP contribution in [0.2, 0.25) is 0 Å². The van der Waals surface area contributed by atoms with Gasteiger partial charge in [0.15, 0.2) is 5.16 Å². The van der Waals surface area contributed by atoms with Crippen molar-refractivity contribution in [2.45, 2.75) is 24.9 Å². The van der Waals surface area contributed by atoms with Crippen LogP contribution < -0.4 is 15.8 Å². The molecule has 0 saturated heterocycles. The molecule has 0 amide bonds. The maximum atomic E-state index is 12.1. The van der Waals surface area contributed by atoms with Crippen LogP contribution in [0.25, 0.3) is 11.3 Å². The van der Waals surface area contributed by atoms with E-state index in [2.05, 4.69) is 9.97 Å². The Balaban J connectivity index is 2.66. The van der Waals surface area contributed by atoms with Gasteiger partial charge in [0.05, 0.1) is 6.61 Å². The highest BCUT2D eigenvalue weighted by atomic mass is 32.2. The number of rotatable bonds is 7. The maximum absolute atomic E-state index is 12.1. The molecule has 3 N–H and O–H groups in total. The van der Waals surface area contributed by atoms with E-state index in [1.807, 2.05) is 13.0 Å². The highest BCUT2D eigenvalue weighted by Crippen LogP contribution is 2.30. The smallest absolute Gasteiger partial charge is 0.488 e. The van der Waals surface area contributed by atoms with Crippen molar-refractivity contribution in [1.82, 2.24) is 9.97 Å². The molecule has 0 aliphatic carbocycles. The molecule has 0 aliphatic heterocycles. The van der Waals surface area contributed by atoms with E-state index in [4.69, 9.17) is 4.74 Å². The summed E-state index contributed by atoms with van der Waals surface area (Å²) in [5, 5.41) is 28.6. The third-order valence-corrected chi connectivity index (χ3v) is 4.10. The first-order valence-corrected chi connectivity index (χ1v) is 8.96. The minimum absolute atomic E-state index is 0.150. The molecule has 0 aliphatic rings. The fourth-order valence-electron chi connectivity index (χ4n) is 2.19. The summed E-state index contributed by atoms with van der Waals surface area (Å²) in [6, 6.07) is 6.44. The zero-order chi connectivity index (χ0) is 18.4. The Morgan fingerprint density at radius 2 is 2.20 bits per heavy atom. The van der Waals surface area contributed by atoms with Crippen LogP contribution in [0.1, 0.15) is 25.3 Å². The topological polar surface area (TPSA) is 119 Å². The second-order valence-electron chi connectivity index (χ2n) is 5.24. The molecule has 0 radical (unpaired) electrons. The van der Waals surface area contributed by atoms with E-state index >= 15 is 0 Å². The number of aromatic nitrogens is 2. The average molecular weight is 359 g/mol. The van der Waals surface area contributed by atoms with Crippen molar-refractivity contribution in [3.05, 3.63) is 34.1 Å². The van der Waals surface area contributed by atoms with E-state index in [1.165, 1.54) is 23.9 Å².